The summed E-state index contributed by atoms with van der Waals surface area (Å²) < 4.78 is 29.8. The van der Waals surface area contributed by atoms with Crippen molar-refractivity contribution in [2.45, 2.75) is 38.2 Å². The van der Waals surface area contributed by atoms with Gasteiger partial charge in [-0.2, -0.15) is 0 Å². The Labute approximate surface area is 189 Å². The van der Waals surface area contributed by atoms with Gasteiger partial charge in [0.2, 0.25) is 0 Å². The Morgan fingerprint density at radius 3 is 2.82 bits per heavy atom. The van der Waals surface area contributed by atoms with Gasteiger partial charge in [0.05, 0.1) is 32.6 Å². The third-order valence-corrected chi connectivity index (χ3v) is 5.34. The van der Waals surface area contributed by atoms with Crippen LogP contribution in [0.1, 0.15) is 34.0 Å². The average molecular weight is 460 g/mol. The van der Waals surface area contributed by atoms with Crippen LogP contribution in [0, 0.1) is 12.7 Å². The molecule has 1 fully saturated rings. The number of aliphatic hydroxyl groups is 1. The van der Waals surface area contributed by atoms with E-state index < -0.39 is 11.7 Å². The number of nitrogens with zero attached hydrogens (tertiary/aromatic N) is 3. The summed E-state index contributed by atoms with van der Waals surface area (Å²) in [6.07, 6.45) is -0.553. The van der Waals surface area contributed by atoms with Gasteiger partial charge in [-0.15, -0.1) is 0 Å². The van der Waals surface area contributed by atoms with Crippen molar-refractivity contribution in [2.24, 2.45) is 5.16 Å². The van der Waals surface area contributed by atoms with E-state index in [1.807, 2.05) is 0 Å². The van der Waals surface area contributed by atoms with Crippen LogP contribution < -0.4 is 10.1 Å². The normalized spacial score (nSPS) is 22.4. The molecule has 33 heavy (non-hydrogen) atoms. The van der Waals surface area contributed by atoms with E-state index in [2.05, 4.69) is 20.4 Å². The number of benzene rings is 1. The maximum atomic E-state index is 13.6. The van der Waals surface area contributed by atoms with Crippen LogP contribution in [0.15, 0.2) is 29.4 Å². The third kappa shape index (κ3) is 5.44. The third-order valence-electron chi connectivity index (χ3n) is 5.34. The maximum absolute atomic E-state index is 13.6. The van der Waals surface area contributed by atoms with Crippen LogP contribution in [-0.4, -0.2) is 71.9 Å². The molecule has 11 heteroatoms. The second-order valence-electron chi connectivity index (χ2n) is 7.73. The molecule has 1 aromatic heterocycles. The molecular weight excluding hydrogens is 435 g/mol. The maximum Gasteiger partial charge on any atom is 0.270 e. The van der Waals surface area contributed by atoms with E-state index in [0.717, 1.165) is 0 Å². The molecule has 1 amide bonds. The van der Waals surface area contributed by atoms with E-state index in [9.17, 15) is 9.18 Å². The number of ether oxygens (including phenoxy) is 3. The topological polar surface area (TPSA) is 124 Å². The van der Waals surface area contributed by atoms with Crippen molar-refractivity contribution < 1.29 is 33.3 Å². The fourth-order valence-corrected chi connectivity index (χ4v) is 3.54. The van der Waals surface area contributed by atoms with Crippen LogP contribution in [0.5, 0.6) is 5.75 Å². The zero-order chi connectivity index (χ0) is 23.4. The molecule has 2 unspecified atom stereocenters. The number of hydrogen-bond donors (Lipinski definition) is 2. The highest BCUT2D eigenvalue weighted by molar-refractivity contribution is 6.02. The Balaban J connectivity index is 1.39. The summed E-state index contributed by atoms with van der Waals surface area (Å²) in [4.78, 5) is 26.8. The minimum atomic E-state index is -0.472. The molecular formula is C22H25FN4O6. The molecule has 4 rings (SSSR count). The van der Waals surface area contributed by atoms with Crippen molar-refractivity contribution >= 4 is 11.6 Å². The summed E-state index contributed by atoms with van der Waals surface area (Å²) in [6, 6.07) is 5.93. The number of aliphatic hydroxyl groups excluding tert-OH is 1. The number of carbonyl (C=O) groups excluding carboxylic acids is 1. The van der Waals surface area contributed by atoms with Crippen molar-refractivity contribution in [3.8, 4) is 5.75 Å². The lowest BCUT2D eigenvalue weighted by Gasteiger charge is -2.30. The van der Waals surface area contributed by atoms with Gasteiger partial charge < -0.3 is 29.5 Å². The van der Waals surface area contributed by atoms with E-state index in [0.29, 0.717) is 35.8 Å². The molecule has 2 aliphatic heterocycles. The van der Waals surface area contributed by atoms with Gasteiger partial charge in [0.25, 0.3) is 5.91 Å². The first-order valence-electron chi connectivity index (χ1n) is 10.5. The molecule has 1 aromatic carbocycles. The molecule has 10 nitrogen and oxygen atoms in total. The first-order valence-corrected chi connectivity index (χ1v) is 10.5. The van der Waals surface area contributed by atoms with Crippen molar-refractivity contribution in [2.75, 3.05) is 26.9 Å². The minimum absolute atomic E-state index is 0.0975. The second-order valence-corrected chi connectivity index (χ2v) is 7.73. The number of rotatable bonds is 7. The van der Waals surface area contributed by atoms with Gasteiger partial charge in [-0.25, -0.2) is 14.4 Å². The van der Waals surface area contributed by atoms with Crippen LogP contribution in [0.25, 0.3) is 0 Å². The van der Waals surface area contributed by atoms with Gasteiger partial charge in [0.1, 0.15) is 29.4 Å². The molecule has 2 N–H and O–H groups in total. The average Bonchev–Trinajstić information content (AvgIpc) is 3.33. The monoisotopic (exact) mass is 460 g/mol. The Bertz CT molecular complexity index is 1040. The van der Waals surface area contributed by atoms with Crippen LogP contribution in [0.3, 0.4) is 0 Å². The number of nitrogens with one attached hydrogen (secondary N) is 1. The number of methoxy groups -OCH3 is 1. The first-order chi connectivity index (χ1) is 16.0. The predicted octanol–water partition coefficient (Wildman–Crippen LogP) is 1.13. The number of aromatic nitrogens is 2. The summed E-state index contributed by atoms with van der Waals surface area (Å²) in [6.45, 7) is 2.34. The number of aryl methyl sites for hydroxylation is 1. The second kappa shape index (κ2) is 10.2. The fourth-order valence-electron chi connectivity index (χ4n) is 3.54. The first kappa shape index (κ1) is 23.0. The van der Waals surface area contributed by atoms with E-state index in [4.69, 9.17) is 24.2 Å². The number of carbonyl (C=O) groups is 1. The number of oxime groups is 1. The lowest BCUT2D eigenvalue weighted by molar-refractivity contribution is -0.178. The van der Waals surface area contributed by atoms with Crippen molar-refractivity contribution in [1.29, 1.82) is 0 Å². The highest BCUT2D eigenvalue weighted by Gasteiger charge is 2.35. The zero-order valence-corrected chi connectivity index (χ0v) is 18.3. The summed E-state index contributed by atoms with van der Waals surface area (Å²) in [5.41, 5.74) is 1.93. The SMILES string of the molecule is COc1cc(CNC(=O)c2cc(C3=NO[C@H](C4COC(CO)CO4)C3)nc(C)n2)ccc1F. The Hall–Kier alpha value is -3.15. The van der Waals surface area contributed by atoms with Gasteiger partial charge in [-0.05, 0) is 30.7 Å². The van der Waals surface area contributed by atoms with Crippen LogP contribution in [-0.2, 0) is 20.9 Å². The molecule has 176 valence electrons. The highest BCUT2D eigenvalue weighted by Crippen LogP contribution is 2.23. The van der Waals surface area contributed by atoms with Gasteiger partial charge in [-0.3, -0.25) is 4.79 Å². The molecule has 1 saturated heterocycles. The van der Waals surface area contributed by atoms with E-state index in [-0.39, 0.29) is 49.5 Å². The molecule has 0 aliphatic carbocycles. The van der Waals surface area contributed by atoms with E-state index in [1.54, 1.807) is 19.1 Å². The summed E-state index contributed by atoms with van der Waals surface area (Å²) in [5, 5.41) is 16.0. The van der Waals surface area contributed by atoms with Gasteiger partial charge in [0.15, 0.2) is 17.7 Å². The standard InChI is InChI=1S/C22H25FN4O6/c1-12-25-16(17-7-20(33-27-17)21-11-31-14(9-28)10-32-21)6-18(26-12)22(29)24-8-13-3-4-15(23)19(5-13)30-2/h3-6,14,20-21,28H,7-11H2,1-2H3,(H,24,29)/t14?,20-,21?/m0/s1. The zero-order valence-electron chi connectivity index (χ0n) is 18.3. The Morgan fingerprint density at radius 2 is 2.09 bits per heavy atom. The van der Waals surface area contributed by atoms with Crippen molar-refractivity contribution in [1.82, 2.24) is 15.3 Å². The van der Waals surface area contributed by atoms with E-state index in [1.165, 1.54) is 19.2 Å². The summed E-state index contributed by atoms with van der Waals surface area (Å²) in [5.74, 6) is -0.356. The molecule has 2 aromatic rings. The molecule has 0 spiro atoms. The van der Waals surface area contributed by atoms with Gasteiger partial charge in [-0.1, -0.05) is 11.2 Å². The largest absolute Gasteiger partial charge is 0.494 e. The van der Waals surface area contributed by atoms with Crippen LogP contribution in [0.2, 0.25) is 0 Å². The molecule has 3 heterocycles. The summed E-state index contributed by atoms with van der Waals surface area (Å²) >= 11 is 0. The Kier molecular flexibility index (Phi) is 7.11. The predicted molar refractivity (Wildman–Crippen MR) is 113 cm³/mol. The molecule has 0 bridgehead atoms. The number of hydrogen-bond acceptors (Lipinski definition) is 9. The van der Waals surface area contributed by atoms with Gasteiger partial charge >= 0.3 is 0 Å². The number of amides is 1. The van der Waals surface area contributed by atoms with Crippen molar-refractivity contribution in [3.05, 3.63) is 52.9 Å². The van der Waals surface area contributed by atoms with Crippen molar-refractivity contribution in [3.63, 3.8) is 0 Å². The summed E-state index contributed by atoms with van der Waals surface area (Å²) in [7, 11) is 1.38. The highest BCUT2D eigenvalue weighted by atomic mass is 19.1. The minimum Gasteiger partial charge on any atom is -0.494 e. The van der Waals surface area contributed by atoms with Gasteiger partial charge in [0, 0.05) is 13.0 Å². The molecule has 2 aliphatic rings. The fraction of sp³-hybridized carbons (Fsp3) is 0.455. The lowest BCUT2D eigenvalue weighted by atomic mass is 10.0. The molecule has 0 saturated carbocycles. The smallest absolute Gasteiger partial charge is 0.270 e. The lowest BCUT2D eigenvalue weighted by Crippen LogP contribution is -2.43. The van der Waals surface area contributed by atoms with Crippen LogP contribution >= 0.6 is 0 Å². The number of halogens is 1. The molecule has 3 atom stereocenters. The van der Waals surface area contributed by atoms with E-state index >= 15 is 0 Å². The Morgan fingerprint density at radius 1 is 1.24 bits per heavy atom. The quantitative estimate of drug-likeness (QED) is 0.630. The van der Waals surface area contributed by atoms with Crippen LogP contribution in [0.4, 0.5) is 4.39 Å². The molecule has 0 radical (unpaired) electrons.